The Hall–Kier alpha value is -0.540. The molecule has 1 aliphatic rings. The first-order valence-corrected chi connectivity index (χ1v) is 8.91. The number of nitrogens with one attached hydrogen (secondary N) is 1. The zero-order valence-corrected chi connectivity index (χ0v) is 15.5. The molecule has 0 saturated carbocycles. The largest absolute Gasteiger partial charge is 0.371 e. The first-order valence-electron chi connectivity index (χ1n) is 8.11. The topological polar surface area (TPSA) is 15.3 Å². The average Bonchev–Trinajstić information content (AvgIpc) is 2.39. The molecule has 0 radical (unpaired) electrons. The van der Waals surface area contributed by atoms with Crippen molar-refractivity contribution in [2.24, 2.45) is 11.3 Å². The van der Waals surface area contributed by atoms with Gasteiger partial charge in [-0.05, 0) is 64.3 Å². The van der Waals surface area contributed by atoms with Crippen LogP contribution in [-0.2, 0) is 6.54 Å². The van der Waals surface area contributed by atoms with Crippen molar-refractivity contribution in [3.05, 3.63) is 28.2 Å². The number of piperidine rings is 1. The zero-order valence-electron chi connectivity index (χ0n) is 13.9. The van der Waals surface area contributed by atoms with Crippen molar-refractivity contribution in [1.82, 2.24) is 5.32 Å². The molecule has 0 aliphatic carbocycles. The van der Waals surface area contributed by atoms with Gasteiger partial charge in [-0.3, -0.25) is 0 Å². The summed E-state index contributed by atoms with van der Waals surface area (Å²) in [6.45, 7) is 13.6. The van der Waals surface area contributed by atoms with Crippen molar-refractivity contribution in [1.29, 1.82) is 0 Å². The van der Waals surface area contributed by atoms with Gasteiger partial charge in [0.05, 0.1) is 5.69 Å². The summed E-state index contributed by atoms with van der Waals surface area (Å²) in [6, 6.07) is 6.80. The molecule has 118 valence electrons. The molecule has 1 heterocycles. The summed E-state index contributed by atoms with van der Waals surface area (Å²) in [5.74, 6) is 0.699. The highest BCUT2D eigenvalue weighted by atomic mass is 79.9. The van der Waals surface area contributed by atoms with E-state index in [1.54, 1.807) is 0 Å². The zero-order chi connectivity index (χ0) is 15.5. The van der Waals surface area contributed by atoms with Crippen LogP contribution in [0.3, 0.4) is 0 Å². The van der Waals surface area contributed by atoms with E-state index in [4.69, 9.17) is 0 Å². The van der Waals surface area contributed by atoms with Gasteiger partial charge in [-0.25, -0.2) is 0 Å². The Bertz CT molecular complexity index is 458. The van der Waals surface area contributed by atoms with Gasteiger partial charge in [-0.2, -0.15) is 0 Å². The Balaban J connectivity index is 1.96. The third-order valence-electron chi connectivity index (χ3n) is 4.35. The molecule has 0 spiro atoms. The van der Waals surface area contributed by atoms with Crippen molar-refractivity contribution < 1.29 is 0 Å². The van der Waals surface area contributed by atoms with Crippen LogP contribution in [0.4, 0.5) is 5.69 Å². The van der Waals surface area contributed by atoms with Gasteiger partial charge in [0.25, 0.3) is 0 Å². The van der Waals surface area contributed by atoms with E-state index in [0.717, 1.165) is 26.2 Å². The summed E-state index contributed by atoms with van der Waals surface area (Å²) in [5, 5.41) is 3.50. The second kappa shape index (κ2) is 7.15. The number of rotatable bonds is 5. The number of hydrogen-bond acceptors (Lipinski definition) is 2. The number of anilines is 1. The molecule has 1 N–H and O–H groups in total. The molecule has 0 bridgehead atoms. The maximum atomic E-state index is 3.76. The Morgan fingerprint density at radius 3 is 2.48 bits per heavy atom. The molecule has 2 nitrogen and oxygen atoms in total. The average molecular weight is 353 g/mol. The first kappa shape index (κ1) is 16.8. The minimum atomic E-state index is 0.504. The maximum Gasteiger partial charge on any atom is 0.0510 e. The van der Waals surface area contributed by atoms with Crippen LogP contribution in [0.25, 0.3) is 0 Å². The SMILES string of the molecule is CC(C)CNCc1ccc(N2CCC(C)(C)CC2)c(Br)c1. The molecule has 0 aromatic heterocycles. The summed E-state index contributed by atoms with van der Waals surface area (Å²) >= 11 is 3.76. The van der Waals surface area contributed by atoms with E-state index >= 15 is 0 Å². The molecule has 0 amide bonds. The summed E-state index contributed by atoms with van der Waals surface area (Å²) in [6.07, 6.45) is 2.55. The van der Waals surface area contributed by atoms with Crippen LogP contribution in [0.2, 0.25) is 0 Å². The molecule has 1 aliphatic heterocycles. The Labute approximate surface area is 138 Å². The van der Waals surface area contributed by atoms with Crippen molar-refractivity contribution in [2.45, 2.75) is 47.1 Å². The van der Waals surface area contributed by atoms with E-state index in [9.17, 15) is 0 Å². The van der Waals surface area contributed by atoms with Crippen molar-refractivity contribution >= 4 is 21.6 Å². The second-order valence-electron chi connectivity index (χ2n) is 7.46. The van der Waals surface area contributed by atoms with Crippen molar-refractivity contribution in [3.63, 3.8) is 0 Å². The van der Waals surface area contributed by atoms with Crippen LogP contribution in [0.5, 0.6) is 0 Å². The number of benzene rings is 1. The molecule has 0 unspecified atom stereocenters. The lowest BCUT2D eigenvalue weighted by atomic mass is 9.82. The van der Waals surface area contributed by atoms with Crippen LogP contribution in [0, 0.1) is 11.3 Å². The lowest BCUT2D eigenvalue weighted by Crippen LogP contribution is -2.37. The van der Waals surface area contributed by atoms with Gasteiger partial charge in [-0.1, -0.05) is 33.8 Å². The highest BCUT2D eigenvalue weighted by molar-refractivity contribution is 9.10. The standard InChI is InChI=1S/C18H29BrN2/c1-14(2)12-20-13-15-5-6-17(16(19)11-15)21-9-7-18(3,4)8-10-21/h5-6,11,14,20H,7-10,12-13H2,1-4H3. The fourth-order valence-corrected chi connectivity index (χ4v) is 3.45. The van der Waals surface area contributed by atoms with Crippen molar-refractivity contribution in [2.75, 3.05) is 24.5 Å². The highest BCUT2D eigenvalue weighted by Crippen LogP contribution is 2.35. The minimum absolute atomic E-state index is 0.504. The fraction of sp³-hybridized carbons (Fsp3) is 0.667. The van der Waals surface area contributed by atoms with Gasteiger partial charge in [0.15, 0.2) is 0 Å². The van der Waals surface area contributed by atoms with E-state index in [1.807, 2.05) is 0 Å². The lowest BCUT2D eigenvalue weighted by molar-refractivity contribution is 0.279. The van der Waals surface area contributed by atoms with E-state index in [2.05, 4.69) is 72.0 Å². The molecular weight excluding hydrogens is 324 g/mol. The highest BCUT2D eigenvalue weighted by Gasteiger charge is 2.26. The lowest BCUT2D eigenvalue weighted by Gasteiger charge is -2.38. The van der Waals surface area contributed by atoms with Gasteiger partial charge >= 0.3 is 0 Å². The number of nitrogens with zero attached hydrogens (tertiary/aromatic N) is 1. The monoisotopic (exact) mass is 352 g/mol. The molecule has 21 heavy (non-hydrogen) atoms. The molecule has 1 fully saturated rings. The van der Waals surface area contributed by atoms with Crippen molar-refractivity contribution in [3.8, 4) is 0 Å². The van der Waals surface area contributed by atoms with E-state index in [0.29, 0.717) is 11.3 Å². The van der Waals surface area contributed by atoms with E-state index < -0.39 is 0 Å². The van der Waals surface area contributed by atoms with E-state index in [-0.39, 0.29) is 0 Å². The number of halogens is 1. The predicted octanol–water partition coefficient (Wildman–Crippen LogP) is 4.82. The van der Waals surface area contributed by atoms with Gasteiger partial charge in [0.1, 0.15) is 0 Å². The third kappa shape index (κ3) is 5.00. The summed E-state index contributed by atoms with van der Waals surface area (Å²) in [5.41, 5.74) is 3.20. The third-order valence-corrected chi connectivity index (χ3v) is 4.99. The predicted molar refractivity (Wildman–Crippen MR) is 95.9 cm³/mol. The van der Waals surface area contributed by atoms with Gasteiger partial charge in [-0.15, -0.1) is 0 Å². The normalized spacial score (nSPS) is 18.3. The Morgan fingerprint density at radius 2 is 1.90 bits per heavy atom. The minimum Gasteiger partial charge on any atom is -0.371 e. The van der Waals surface area contributed by atoms with Gasteiger partial charge in [0, 0.05) is 24.1 Å². The molecule has 1 aromatic rings. The van der Waals surface area contributed by atoms with Crippen LogP contribution in [-0.4, -0.2) is 19.6 Å². The van der Waals surface area contributed by atoms with Crippen LogP contribution in [0.15, 0.2) is 22.7 Å². The smallest absolute Gasteiger partial charge is 0.0510 e. The van der Waals surface area contributed by atoms with Gasteiger partial charge in [0.2, 0.25) is 0 Å². The summed E-state index contributed by atoms with van der Waals surface area (Å²) in [7, 11) is 0. The molecule has 2 rings (SSSR count). The summed E-state index contributed by atoms with van der Waals surface area (Å²) in [4.78, 5) is 2.51. The molecule has 1 aromatic carbocycles. The fourth-order valence-electron chi connectivity index (χ4n) is 2.77. The molecular formula is C18H29BrN2. The Kier molecular flexibility index (Phi) is 5.73. The Morgan fingerprint density at radius 1 is 1.24 bits per heavy atom. The first-order chi connectivity index (χ1) is 9.87. The van der Waals surface area contributed by atoms with E-state index in [1.165, 1.54) is 28.6 Å². The van der Waals surface area contributed by atoms with Crippen LogP contribution in [0.1, 0.15) is 46.1 Å². The maximum absolute atomic E-state index is 3.76. The van der Waals surface area contributed by atoms with Crippen LogP contribution < -0.4 is 10.2 Å². The second-order valence-corrected chi connectivity index (χ2v) is 8.32. The molecule has 3 heteroatoms. The van der Waals surface area contributed by atoms with Crippen LogP contribution >= 0.6 is 15.9 Å². The molecule has 1 saturated heterocycles. The quantitative estimate of drug-likeness (QED) is 0.816. The van der Waals surface area contributed by atoms with Gasteiger partial charge < -0.3 is 10.2 Å². The molecule has 0 atom stereocenters. The number of hydrogen-bond donors (Lipinski definition) is 1. The summed E-state index contributed by atoms with van der Waals surface area (Å²) < 4.78 is 1.23.